The maximum absolute atomic E-state index is 12.2. The van der Waals surface area contributed by atoms with Gasteiger partial charge in [0.15, 0.2) is 0 Å². The number of nitrogens with two attached hydrogens (primary N) is 2. The predicted octanol–water partition coefficient (Wildman–Crippen LogP) is 3.78. The molecule has 2 aromatic carbocycles. The summed E-state index contributed by atoms with van der Waals surface area (Å²) in [6.07, 6.45) is 0. The maximum Gasteiger partial charge on any atom is 0.149 e. The molecule has 96 valence electrons. The summed E-state index contributed by atoms with van der Waals surface area (Å²) in [7, 11) is 0. The summed E-state index contributed by atoms with van der Waals surface area (Å²) >= 11 is 5.69. The van der Waals surface area contributed by atoms with E-state index in [4.69, 9.17) is 23.1 Å². The zero-order chi connectivity index (χ0) is 13.7. The molecule has 0 fully saturated rings. The Balaban J connectivity index is 0.000000180. The minimum absolute atomic E-state index is 0.419. The molecule has 2 aromatic rings. The average molecular weight is 271 g/mol. The number of para-hydroxylation sites is 2. The molecule has 0 aliphatic heterocycles. The highest BCUT2D eigenvalue weighted by atomic mass is 35.5. The Kier molecular flexibility index (Phi) is 4.92. The van der Waals surface area contributed by atoms with Crippen molar-refractivity contribution in [2.75, 3.05) is 11.5 Å². The van der Waals surface area contributed by atoms with E-state index in [0.29, 0.717) is 10.7 Å². The molecule has 0 atom stereocenters. The van der Waals surface area contributed by atoms with Gasteiger partial charge in [-0.3, -0.25) is 0 Å². The van der Waals surface area contributed by atoms with Crippen LogP contribution in [0, 0.1) is 18.6 Å². The van der Waals surface area contributed by atoms with Gasteiger partial charge >= 0.3 is 0 Å². The second kappa shape index (κ2) is 6.21. The van der Waals surface area contributed by atoms with Gasteiger partial charge in [0.1, 0.15) is 17.3 Å². The fraction of sp³-hybridized carbons (Fsp3) is 0.0769. The first-order valence-corrected chi connectivity index (χ1v) is 5.51. The monoisotopic (exact) mass is 270 g/mol. The van der Waals surface area contributed by atoms with Gasteiger partial charge in [0.05, 0.1) is 10.7 Å². The van der Waals surface area contributed by atoms with Gasteiger partial charge in [-0.1, -0.05) is 29.8 Å². The largest absolute Gasteiger partial charge is 0.397 e. The molecule has 0 spiro atoms. The highest BCUT2D eigenvalue weighted by molar-refractivity contribution is 6.33. The first kappa shape index (κ1) is 14.3. The number of aryl methyl sites for hydroxylation is 1. The molecule has 0 saturated heterocycles. The van der Waals surface area contributed by atoms with Crippen molar-refractivity contribution < 1.29 is 8.78 Å². The van der Waals surface area contributed by atoms with Gasteiger partial charge in [-0.2, -0.15) is 0 Å². The van der Waals surface area contributed by atoms with Crippen molar-refractivity contribution in [3.63, 3.8) is 0 Å². The third-order valence-corrected chi connectivity index (χ3v) is 2.60. The van der Waals surface area contributed by atoms with Crippen LogP contribution in [0.4, 0.5) is 20.2 Å². The molecular weight excluding hydrogens is 258 g/mol. The van der Waals surface area contributed by atoms with E-state index in [1.54, 1.807) is 6.07 Å². The van der Waals surface area contributed by atoms with E-state index in [9.17, 15) is 8.78 Å². The molecule has 0 aromatic heterocycles. The highest BCUT2D eigenvalue weighted by Crippen LogP contribution is 2.20. The predicted molar refractivity (Wildman–Crippen MR) is 71.4 cm³/mol. The highest BCUT2D eigenvalue weighted by Gasteiger charge is 2.00. The quantitative estimate of drug-likeness (QED) is 0.716. The number of anilines is 2. The van der Waals surface area contributed by atoms with Crippen LogP contribution in [0.5, 0.6) is 0 Å². The number of hydrogen-bond acceptors (Lipinski definition) is 2. The van der Waals surface area contributed by atoms with Crippen LogP contribution in [-0.4, -0.2) is 0 Å². The molecule has 2 rings (SSSR count). The Morgan fingerprint density at radius 2 is 1.39 bits per heavy atom. The van der Waals surface area contributed by atoms with Crippen molar-refractivity contribution in [1.82, 2.24) is 0 Å². The van der Waals surface area contributed by atoms with E-state index in [1.165, 1.54) is 6.07 Å². The molecule has 0 radical (unpaired) electrons. The molecule has 0 unspecified atom stereocenters. The molecule has 0 bridgehead atoms. The minimum atomic E-state index is -0.713. The minimum Gasteiger partial charge on any atom is -0.397 e. The van der Waals surface area contributed by atoms with E-state index < -0.39 is 17.3 Å². The van der Waals surface area contributed by atoms with E-state index in [0.717, 1.165) is 17.7 Å². The zero-order valence-electron chi connectivity index (χ0n) is 9.75. The van der Waals surface area contributed by atoms with Gasteiger partial charge in [-0.25, -0.2) is 8.78 Å². The molecule has 0 aliphatic rings. The summed E-state index contributed by atoms with van der Waals surface area (Å²) in [5.74, 6) is -1.43. The molecule has 5 heteroatoms. The lowest BCUT2D eigenvalue weighted by Gasteiger charge is -1.98. The van der Waals surface area contributed by atoms with Crippen molar-refractivity contribution in [3.05, 3.63) is 58.6 Å². The Bertz CT molecular complexity index is 455. The maximum atomic E-state index is 12.2. The fourth-order valence-electron chi connectivity index (χ4n) is 1.16. The van der Waals surface area contributed by atoms with Crippen LogP contribution in [0.3, 0.4) is 0 Å². The smallest absolute Gasteiger partial charge is 0.149 e. The molecule has 4 N–H and O–H groups in total. The SMILES string of the molecule is Cc1cccc(Cl)c1N.Nc1c(F)cccc1F. The molecule has 18 heavy (non-hydrogen) atoms. The van der Waals surface area contributed by atoms with E-state index in [2.05, 4.69) is 0 Å². The number of hydrogen-bond donors (Lipinski definition) is 2. The van der Waals surface area contributed by atoms with E-state index in [1.807, 2.05) is 19.1 Å². The normalized spacial score (nSPS) is 9.56. The summed E-state index contributed by atoms with van der Waals surface area (Å²) < 4.78 is 24.4. The Morgan fingerprint density at radius 1 is 0.889 bits per heavy atom. The van der Waals surface area contributed by atoms with Gasteiger partial charge < -0.3 is 11.5 Å². The number of benzene rings is 2. The summed E-state index contributed by atoms with van der Waals surface area (Å²) in [5, 5.41) is 0.634. The Labute approximate surface area is 109 Å². The van der Waals surface area contributed by atoms with Crippen LogP contribution in [-0.2, 0) is 0 Å². The summed E-state index contributed by atoms with van der Waals surface area (Å²) in [5.41, 5.74) is 11.8. The third kappa shape index (κ3) is 3.60. The average Bonchev–Trinajstić information content (AvgIpc) is 2.34. The lowest BCUT2D eigenvalue weighted by molar-refractivity contribution is 0.592. The van der Waals surface area contributed by atoms with Crippen molar-refractivity contribution in [1.29, 1.82) is 0 Å². The van der Waals surface area contributed by atoms with Gasteiger partial charge in [0.2, 0.25) is 0 Å². The summed E-state index contributed by atoms with van der Waals surface area (Å²) in [6.45, 7) is 1.93. The second-order valence-electron chi connectivity index (χ2n) is 3.61. The van der Waals surface area contributed by atoms with Crippen molar-refractivity contribution >= 4 is 23.0 Å². The molecule has 0 amide bonds. The Morgan fingerprint density at radius 3 is 1.78 bits per heavy atom. The van der Waals surface area contributed by atoms with Crippen LogP contribution < -0.4 is 11.5 Å². The summed E-state index contributed by atoms with van der Waals surface area (Å²) in [6, 6.07) is 9.08. The van der Waals surface area contributed by atoms with Crippen LogP contribution >= 0.6 is 11.6 Å². The molecule has 0 aliphatic carbocycles. The van der Waals surface area contributed by atoms with E-state index >= 15 is 0 Å². The van der Waals surface area contributed by atoms with Crippen LogP contribution in [0.25, 0.3) is 0 Å². The number of halogens is 3. The van der Waals surface area contributed by atoms with Crippen molar-refractivity contribution in [2.24, 2.45) is 0 Å². The molecule has 0 saturated carbocycles. The number of rotatable bonds is 0. The first-order chi connectivity index (χ1) is 8.43. The fourth-order valence-corrected chi connectivity index (χ4v) is 1.38. The second-order valence-corrected chi connectivity index (χ2v) is 4.01. The molecule has 2 nitrogen and oxygen atoms in total. The topological polar surface area (TPSA) is 52.0 Å². The van der Waals surface area contributed by atoms with Crippen molar-refractivity contribution in [3.8, 4) is 0 Å². The van der Waals surface area contributed by atoms with Gasteiger partial charge in [0, 0.05) is 0 Å². The van der Waals surface area contributed by atoms with Gasteiger partial charge in [-0.05, 0) is 30.7 Å². The van der Waals surface area contributed by atoms with E-state index in [-0.39, 0.29) is 0 Å². The van der Waals surface area contributed by atoms with Crippen LogP contribution in [0.2, 0.25) is 5.02 Å². The molecule has 0 heterocycles. The number of nitrogen functional groups attached to an aromatic ring is 2. The van der Waals surface area contributed by atoms with Crippen LogP contribution in [0.15, 0.2) is 36.4 Å². The standard InChI is InChI=1S/C7H8ClN.C6H5F2N/c1-5-3-2-4-6(8)7(5)9;7-4-2-1-3-5(8)6(4)9/h2-4H,9H2,1H3;1-3H,9H2. The van der Waals surface area contributed by atoms with Crippen LogP contribution in [0.1, 0.15) is 5.56 Å². The Hall–Kier alpha value is -1.81. The summed E-state index contributed by atoms with van der Waals surface area (Å²) in [4.78, 5) is 0. The zero-order valence-corrected chi connectivity index (χ0v) is 10.5. The van der Waals surface area contributed by atoms with Crippen molar-refractivity contribution in [2.45, 2.75) is 6.92 Å². The first-order valence-electron chi connectivity index (χ1n) is 5.13. The van der Waals surface area contributed by atoms with Gasteiger partial charge in [0.25, 0.3) is 0 Å². The molecular formula is C13H13ClF2N2. The lowest BCUT2D eigenvalue weighted by atomic mass is 10.2. The van der Waals surface area contributed by atoms with Gasteiger partial charge in [-0.15, -0.1) is 0 Å². The lowest BCUT2D eigenvalue weighted by Crippen LogP contribution is -1.93. The third-order valence-electron chi connectivity index (χ3n) is 2.27.